The highest BCUT2D eigenvalue weighted by Crippen LogP contribution is 2.30. The van der Waals surface area contributed by atoms with Crippen LogP contribution in [-0.4, -0.2) is 52.8 Å². The normalized spacial score (nSPS) is 24.7. The van der Waals surface area contributed by atoms with E-state index in [0.717, 1.165) is 74.3 Å². The Balaban J connectivity index is 1.33. The predicted molar refractivity (Wildman–Crippen MR) is 134 cm³/mol. The van der Waals surface area contributed by atoms with Crippen LogP contribution in [0.1, 0.15) is 80.9 Å². The number of ether oxygens (including phenoxy) is 1. The molecule has 3 saturated heterocycles. The Kier molecular flexibility index (Phi) is 7.43. The third kappa shape index (κ3) is 5.43. The van der Waals surface area contributed by atoms with E-state index in [0.29, 0.717) is 17.7 Å². The van der Waals surface area contributed by atoms with Gasteiger partial charge in [-0.1, -0.05) is 31.9 Å². The second-order valence-electron chi connectivity index (χ2n) is 10.3. The van der Waals surface area contributed by atoms with E-state index in [-0.39, 0.29) is 11.9 Å². The number of unbranched alkanes of at least 4 members (excludes halogenated alkanes) is 1. The summed E-state index contributed by atoms with van der Waals surface area (Å²) in [5, 5.41) is 12.1. The summed E-state index contributed by atoms with van der Waals surface area (Å²) < 4.78 is 6.22. The third-order valence-corrected chi connectivity index (χ3v) is 7.86. The van der Waals surface area contributed by atoms with E-state index in [9.17, 15) is 4.79 Å². The van der Waals surface area contributed by atoms with Crippen LogP contribution in [0, 0.1) is 5.92 Å². The molecule has 34 heavy (non-hydrogen) atoms. The molecule has 2 aromatic rings. The molecule has 6 heteroatoms. The summed E-state index contributed by atoms with van der Waals surface area (Å²) in [5.41, 5.74) is 3.44. The average Bonchev–Trinajstić information content (AvgIpc) is 2.89. The number of hydrogen-bond donors (Lipinski definition) is 1. The number of piperidine rings is 3. The summed E-state index contributed by atoms with van der Waals surface area (Å²) in [7, 11) is 0. The van der Waals surface area contributed by atoms with Crippen molar-refractivity contribution in [2.45, 2.75) is 83.3 Å². The first-order valence-corrected chi connectivity index (χ1v) is 13.4. The highest BCUT2D eigenvalue weighted by Gasteiger charge is 2.35. The Hall–Kier alpha value is -2.47. The summed E-state index contributed by atoms with van der Waals surface area (Å²) in [5.74, 6) is 1.40. The molecule has 4 fully saturated rings. The monoisotopic (exact) mass is 462 g/mol. The van der Waals surface area contributed by atoms with Crippen molar-refractivity contribution >= 4 is 5.91 Å². The van der Waals surface area contributed by atoms with E-state index < -0.39 is 0 Å². The van der Waals surface area contributed by atoms with Crippen LogP contribution in [0.2, 0.25) is 0 Å². The number of rotatable bonds is 8. The van der Waals surface area contributed by atoms with Gasteiger partial charge in [0.25, 0.3) is 5.91 Å². The van der Waals surface area contributed by atoms with Crippen molar-refractivity contribution in [3.63, 3.8) is 0 Å². The van der Waals surface area contributed by atoms with Crippen LogP contribution in [0.4, 0.5) is 0 Å². The first-order valence-electron chi connectivity index (χ1n) is 13.4. The van der Waals surface area contributed by atoms with Gasteiger partial charge in [-0.25, -0.2) is 0 Å². The van der Waals surface area contributed by atoms with Crippen molar-refractivity contribution in [3.8, 4) is 16.9 Å². The lowest BCUT2D eigenvalue weighted by Gasteiger charge is -2.44. The molecule has 0 spiro atoms. The number of hydrogen-bond acceptors (Lipinski definition) is 5. The topological polar surface area (TPSA) is 67.4 Å². The minimum absolute atomic E-state index is 0.105. The van der Waals surface area contributed by atoms with Crippen molar-refractivity contribution in [3.05, 3.63) is 41.7 Å². The zero-order chi connectivity index (χ0) is 23.3. The summed E-state index contributed by atoms with van der Waals surface area (Å²) in [4.78, 5) is 15.6. The van der Waals surface area contributed by atoms with Gasteiger partial charge < -0.3 is 15.0 Å². The highest BCUT2D eigenvalue weighted by atomic mass is 16.5. The maximum Gasteiger partial charge on any atom is 0.272 e. The lowest BCUT2D eigenvalue weighted by atomic mass is 9.84. The molecule has 1 saturated carbocycles. The first kappa shape index (κ1) is 23.3. The van der Waals surface area contributed by atoms with Crippen LogP contribution < -0.4 is 10.1 Å². The molecule has 1 unspecified atom stereocenters. The summed E-state index contributed by atoms with van der Waals surface area (Å²) >= 11 is 0. The zero-order valence-corrected chi connectivity index (χ0v) is 20.5. The number of carbonyl (C=O) groups is 1. The van der Waals surface area contributed by atoms with Gasteiger partial charge in [-0.3, -0.25) is 4.79 Å². The molecular formula is C28H38N4O2. The SMILES string of the molecule is CCCCc1nnc(C(=O)NC2CN3CCC2CC3)cc1-c1ccc(OC2CCCCC2)cc1. The Morgan fingerprint density at radius 3 is 2.50 bits per heavy atom. The van der Waals surface area contributed by atoms with Gasteiger partial charge in [-0.2, -0.15) is 5.10 Å². The van der Waals surface area contributed by atoms with E-state index in [1.807, 2.05) is 6.07 Å². The van der Waals surface area contributed by atoms with Crippen LogP contribution in [0.5, 0.6) is 5.75 Å². The molecule has 3 aliphatic heterocycles. The smallest absolute Gasteiger partial charge is 0.272 e. The van der Waals surface area contributed by atoms with E-state index >= 15 is 0 Å². The van der Waals surface area contributed by atoms with Crippen molar-refractivity contribution < 1.29 is 9.53 Å². The molecule has 0 radical (unpaired) electrons. The summed E-state index contributed by atoms with van der Waals surface area (Å²) in [6.07, 6.45) is 11.8. The molecule has 4 heterocycles. The Morgan fingerprint density at radius 1 is 1.06 bits per heavy atom. The number of nitrogens with zero attached hydrogens (tertiary/aromatic N) is 3. The quantitative estimate of drug-likeness (QED) is 0.597. The van der Waals surface area contributed by atoms with Crippen molar-refractivity contribution in [1.82, 2.24) is 20.4 Å². The molecule has 1 amide bonds. The third-order valence-electron chi connectivity index (χ3n) is 7.86. The first-order chi connectivity index (χ1) is 16.7. The van der Waals surface area contributed by atoms with Crippen molar-refractivity contribution in [2.24, 2.45) is 5.92 Å². The number of aromatic nitrogens is 2. The summed E-state index contributed by atoms with van der Waals surface area (Å²) in [6.45, 7) is 5.45. The van der Waals surface area contributed by atoms with Crippen LogP contribution in [0.3, 0.4) is 0 Å². The molecule has 1 N–H and O–H groups in total. The minimum atomic E-state index is -0.105. The molecule has 2 bridgehead atoms. The van der Waals surface area contributed by atoms with E-state index in [2.05, 4.69) is 51.6 Å². The standard InChI is InChI=1S/C28H38N4O2/c1-2-3-9-25-24(20-10-12-23(13-11-20)34-22-7-5-4-6-8-22)18-26(31-30-25)28(33)29-27-19-32-16-14-21(27)15-17-32/h10-13,18,21-22,27H,2-9,14-17,19H2,1H3,(H,29,33). The molecule has 182 valence electrons. The average molecular weight is 463 g/mol. The number of aryl methyl sites for hydroxylation is 1. The second-order valence-corrected chi connectivity index (χ2v) is 10.3. The van der Waals surface area contributed by atoms with Gasteiger partial charge in [0.1, 0.15) is 5.75 Å². The maximum atomic E-state index is 13.1. The molecule has 1 aromatic carbocycles. The zero-order valence-electron chi connectivity index (χ0n) is 20.5. The van der Waals surface area contributed by atoms with Crippen molar-refractivity contribution in [2.75, 3.05) is 19.6 Å². The van der Waals surface area contributed by atoms with Gasteiger partial charge in [0.15, 0.2) is 5.69 Å². The van der Waals surface area contributed by atoms with Gasteiger partial charge in [0.2, 0.25) is 0 Å². The number of nitrogens with one attached hydrogen (secondary N) is 1. The molecule has 1 aliphatic carbocycles. The minimum Gasteiger partial charge on any atom is -0.490 e. The lowest BCUT2D eigenvalue weighted by molar-refractivity contribution is 0.0617. The fraction of sp³-hybridized carbons (Fsp3) is 0.607. The Bertz CT molecular complexity index is 963. The van der Waals surface area contributed by atoms with Gasteiger partial charge in [0.05, 0.1) is 11.8 Å². The van der Waals surface area contributed by atoms with Gasteiger partial charge in [-0.15, -0.1) is 5.10 Å². The van der Waals surface area contributed by atoms with Crippen LogP contribution >= 0.6 is 0 Å². The van der Waals surface area contributed by atoms with E-state index in [4.69, 9.17) is 4.74 Å². The lowest BCUT2D eigenvalue weighted by Crippen LogP contribution is -2.57. The molecule has 6 rings (SSSR count). The predicted octanol–water partition coefficient (Wildman–Crippen LogP) is 5.02. The largest absolute Gasteiger partial charge is 0.490 e. The number of amides is 1. The molecule has 1 aromatic heterocycles. The fourth-order valence-electron chi connectivity index (χ4n) is 5.77. The molecular weight excluding hydrogens is 424 g/mol. The van der Waals surface area contributed by atoms with E-state index in [1.165, 1.54) is 32.1 Å². The molecule has 1 atom stereocenters. The number of carbonyl (C=O) groups excluding carboxylic acids is 1. The molecule has 6 nitrogen and oxygen atoms in total. The van der Waals surface area contributed by atoms with Crippen LogP contribution in [-0.2, 0) is 6.42 Å². The van der Waals surface area contributed by atoms with E-state index in [1.54, 1.807) is 0 Å². The Morgan fingerprint density at radius 2 is 1.82 bits per heavy atom. The second kappa shape index (κ2) is 10.9. The Labute approximate surface area is 203 Å². The van der Waals surface area contributed by atoms with Gasteiger partial charge >= 0.3 is 0 Å². The summed E-state index contributed by atoms with van der Waals surface area (Å²) in [6, 6.07) is 10.5. The van der Waals surface area contributed by atoms with Gasteiger partial charge in [-0.05, 0) is 94.1 Å². The number of benzene rings is 1. The van der Waals surface area contributed by atoms with Crippen LogP contribution in [0.15, 0.2) is 30.3 Å². The van der Waals surface area contributed by atoms with Crippen LogP contribution in [0.25, 0.3) is 11.1 Å². The van der Waals surface area contributed by atoms with Gasteiger partial charge in [0, 0.05) is 18.2 Å². The van der Waals surface area contributed by atoms with Crippen molar-refractivity contribution in [1.29, 1.82) is 0 Å². The number of fused-ring (bicyclic) bond motifs is 3. The highest BCUT2D eigenvalue weighted by molar-refractivity contribution is 5.93. The maximum absolute atomic E-state index is 13.1. The molecule has 4 aliphatic rings. The fourth-order valence-corrected chi connectivity index (χ4v) is 5.77.